The molecule has 2 aliphatic rings. The van der Waals surface area contributed by atoms with Crippen molar-refractivity contribution in [2.45, 2.75) is 32.6 Å². The first kappa shape index (κ1) is 16.8. The second-order valence-electron chi connectivity index (χ2n) is 7.45. The average molecular weight is 352 g/mol. The summed E-state index contributed by atoms with van der Waals surface area (Å²) < 4.78 is 1.60. The number of rotatable bonds is 4. The molecule has 0 unspecified atom stereocenters. The fourth-order valence-electron chi connectivity index (χ4n) is 3.75. The predicted octanol–water partition coefficient (Wildman–Crippen LogP) is 2.59. The van der Waals surface area contributed by atoms with E-state index in [1.165, 1.54) is 0 Å². The number of nitrogens with zero attached hydrogens (tertiary/aromatic N) is 3. The molecule has 26 heavy (non-hydrogen) atoms. The van der Waals surface area contributed by atoms with Gasteiger partial charge < -0.3 is 10.6 Å². The first-order valence-electron chi connectivity index (χ1n) is 9.28. The van der Waals surface area contributed by atoms with Gasteiger partial charge in [0.2, 0.25) is 5.91 Å². The van der Waals surface area contributed by atoms with Gasteiger partial charge in [0.25, 0.3) is 0 Å². The molecule has 2 aromatic rings. The number of ketones is 1. The van der Waals surface area contributed by atoms with E-state index in [4.69, 9.17) is 5.73 Å². The monoisotopic (exact) mass is 352 g/mol. The molecule has 6 heteroatoms. The fourth-order valence-corrected chi connectivity index (χ4v) is 3.75. The number of amides is 1. The minimum atomic E-state index is -0.183. The highest BCUT2D eigenvalue weighted by Crippen LogP contribution is 2.31. The van der Waals surface area contributed by atoms with Gasteiger partial charge in [-0.1, -0.05) is 24.1 Å². The van der Waals surface area contributed by atoms with Gasteiger partial charge in [0.05, 0.1) is 17.4 Å². The molecular weight excluding hydrogens is 328 g/mol. The number of likely N-dealkylation sites (tertiary alicyclic amines) is 1. The highest BCUT2D eigenvalue weighted by molar-refractivity contribution is 6.02. The van der Waals surface area contributed by atoms with Crippen molar-refractivity contribution >= 4 is 17.5 Å². The molecule has 1 saturated heterocycles. The smallest absolute Gasteiger partial charge is 0.225 e. The summed E-state index contributed by atoms with van der Waals surface area (Å²) in [5.74, 6) is 0.567. The molecule has 2 N–H and O–H groups in total. The number of hydrogen-bond acceptors (Lipinski definition) is 4. The molecule has 1 aromatic carbocycles. The Morgan fingerprint density at radius 1 is 1.12 bits per heavy atom. The van der Waals surface area contributed by atoms with Crippen molar-refractivity contribution in [1.29, 1.82) is 0 Å². The van der Waals surface area contributed by atoms with Crippen molar-refractivity contribution in [3.8, 4) is 5.69 Å². The maximum absolute atomic E-state index is 12.9. The number of nitrogen functional groups attached to an aromatic ring is 1. The molecule has 2 heterocycles. The summed E-state index contributed by atoms with van der Waals surface area (Å²) in [4.78, 5) is 27.2. The van der Waals surface area contributed by atoms with Crippen molar-refractivity contribution in [2.75, 3.05) is 18.8 Å². The number of Topliss-reactive ketones (excluding diaryl/α,β-unsaturated/α-hetero) is 1. The van der Waals surface area contributed by atoms with Crippen LogP contribution in [0.3, 0.4) is 0 Å². The van der Waals surface area contributed by atoms with Gasteiger partial charge >= 0.3 is 0 Å². The maximum Gasteiger partial charge on any atom is 0.225 e. The van der Waals surface area contributed by atoms with Crippen LogP contribution in [0.4, 0.5) is 5.82 Å². The van der Waals surface area contributed by atoms with Gasteiger partial charge in [-0.05, 0) is 38.3 Å². The number of benzene rings is 1. The molecule has 136 valence electrons. The summed E-state index contributed by atoms with van der Waals surface area (Å²) in [6.45, 7) is 3.18. The van der Waals surface area contributed by atoms with Crippen LogP contribution in [0.1, 0.15) is 41.6 Å². The first-order valence-corrected chi connectivity index (χ1v) is 9.28. The Labute approximate surface area is 153 Å². The van der Waals surface area contributed by atoms with Crippen LogP contribution in [0, 0.1) is 18.8 Å². The quantitative estimate of drug-likeness (QED) is 0.858. The highest BCUT2D eigenvalue weighted by atomic mass is 16.2. The highest BCUT2D eigenvalue weighted by Gasteiger charge is 2.37. The minimum Gasteiger partial charge on any atom is -0.383 e. The summed E-state index contributed by atoms with van der Waals surface area (Å²) in [6, 6.07) is 7.83. The molecule has 1 atom stereocenters. The van der Waals surface area contributed by atoms with Crippen LogP contribution < -0.4 is 5.73 Å². The van der Waals surface area contributed by atoms with E-state index in [2.05, 4.69) is 5.10 Å². The number of hydrogen-bond donors (Lipinski definition) is 1. The topological polar surface area (TPSA) is 81.2 Å². The van der Waals surface area contributed by atoms with Crippen LogP contribution in [0.2, 0.25) is 0 Å². The Kier molecular flexibility index (Phi) is 4.26. The van der Waals surface area contributed by atoms with E-state index >= 15 is 0 Å². The number of carbonyl (C=O) groups excluding carboxylic acids is 2. The molecule has 2 fully saturated rings. The Morgan fingerprint density at radius 2 is 1.85 bits per heavy atom. The van der Waals surface area contributed by atoms with Crippen LogP contribution in [0.5, 0.6) is 0 Å². The van der Waals surface area contributed by atoms with E-state index in [1.54, 1.807) is 10.9 Å². The third kappa shape index (κ3) is 2.89. The number of aromatic nitrogens is 2. The van der Waals surface area contributed by atoms with Crippen molar-refractivity contribution < 1.29 is 9.59 Å². The van der Waals surface area contributed by atoms with Crippen LogP contribution >= 0.6 is 0 Å². The molecule has 1 aliphatic carbocycles. The molecule has 0 spiro atoms. The lowest BCUT2D eigenvalue weighted by Crippen LogP contribution is -2.37. The molecule has 1 amide bonds. The molecule has 6 nitrogen and oxygen atoms in total. The van der Waals surface area contributed by atoms with Crippen molar-refractivity contribution in [3.63, 3.8) is 0 Å². The first-order chi connectivity index (χ1) is 12.5. The lowest BCUT2D eigenvalue weighted by molar-refractivity contribution is -0.137. The third-order valence-electron chi connectivity index (χ3n) is 5.68. The van der Waals surface area contributed by atoms with Gasteiger partial charge in [0.15, 0.2) is 5.78 Å². The summed E-state index contributed by atoms with van der Waals surface area (Å²) in [6.07, 6.45) is 5.37. The van der Waals surface area contributed by atoms with Crippen LogP contribution in [0.15, 0.2) is 30.5 Å². The zero-order valence-electron chi connectivity index (χ0n) is 15.0. The van der Waals surface area contributed by atoms with E-state index in [0.29, 0.717) is 30.9 Å². The van der Waals surface area contributed by atoms with E-state index in [1.807, 2.05) is 36.1 Å². The van der Waals surface area contributed by atoms with Gasteiger partial charge in [0.1, 0.15) is 5.82 Å². The molecule has 1 aromatic heterocycles. The number of carbonyl (C=O) groups is 2. The van der Waals surface area contributed by atoms with Gasteiger partial charge in [0, 0.05) is 24.9 Å². The molecule has 0 radical (unpaired) electrons. The molecule has 4 rings (SSSR count). The average Bonchev–Trinajstić information content (AvgIpc) is 3.21. The lowest BCUT2D eigenvalue weighted by atomic mass is 9.84. The Balaban J connectivity index is 1.49. The van der Waals surface area contributed by atoms with E-state index < -0.39 is 0 Å². The lowest BCUT2D eigenvalue weighted by Gasteiger charge is -2.29. The normalized spacial score (nSPS) is 20.2. The van der Waals surface area contributed by atoms with Crippen LogP contribution in [-0.2, 0) is 4.79 Å². The maximum atomic E-state index is 12.9. The molecule has 1 saturated carbocycles. The fraction of sp³-hybridized carbons (Fsp3) is 0.450. The summed E-state index contributed by atoms with van der Waals surface area (Å²) in [5.41, 5.74) is 8.65. The van der Waals surface area contributed by atoms with Crippen molar-refractivity contribution in [2.24, 2.45) is 11.8 Å². The van der Waals surface area contributed by atoms with Crippen molar-refractivity contribution in [1.82, 2.24) is 14.7 Å². The number of nitrogens with two attached hydrogens (primary N) is 1. The Bertz CT molecular complexity index is 836. The number of anilines is 1. The SMILES string of the molecule is Cc1ccc(-n2ncc(C(=O)[C@H]3CCN(C(=O)C4CCC4)C3)c2N)cc1. The van der Waals surface area contributed by atoms with E-state index in [9.17, 15) is 9.59 Å². The standard InChI is InChI=1S/C20H24N4O2/c1-13-5-7-16(8-6-13)24-19(21)17(11-22-24)18(25)15-9-10-23(12-15)20(26)14-3-2-4-14/h5-8,11,14-15H,2-4,9-10,12,21H2,1H3/t15-/m0/s1. The van der Waals surface area contributed by atoms with Gasteiger partial charge in [-0.2, -0.15) is 5.10 Å². The zero-order chi connectivity index (χ0) is 18.3. The molecule has 0 bridgehead atoms. The van der Waals surface area contributed by atoms with Crippen LogP contribution in [-0.4, -0.2) is 39.5 Å². The van der Waals surface area contributed by atoms with E-state index in [-0.39, 0.29) is 23.5 Å². The van der Waals surface area contributed by atoms with Gasteiger partial charge in [-0.3, -0.25) is 9.59 Å². The number of aryl methyl sites for hydroxylation is 1. The largest absolute Gasteiger partial charge is 0.383 e. The third-order valence-corrected chi connectivity index (χ3v) is 5.68. The van der Waals surface area contributed by atoms with E-state index in [0.717, 1.165) is 30.5 Å². The second-order valence-corrected chi connectivity index (χ2v) is 7.45. The van der Waals surface area contributed by atoms with Crippen LogP contribution in [0.25, 0.3) is 5.69 Å². The van der Waals surface area contributed by atoms with Crippen molar-refractivity contribution in [3.05, 3.63) is 41.6 Å². The summed E-state index contributed by atoms with van der Waals surface area (Å²) in [5, 5.41) is 4.30. The summed E-state index contributed by atoms with van der Waals surface area (Å²) in [7, 11) is 0. The van der Waals surface area contributed by atoms with Gasteiger partial charge in [-0.15, -0.1) is 0 Å². The Hall–Kier alpha value is -2.63. The second kappa shape index (κ2) is 6.59. The molecule has 1 aliphatic heterocycles. The predicted molar refractivity (Wildman–Crippen MR) is 99.1 cm³/mol. The van der Waals surface area contributed by atoms with Gasteiger partial charge in [-0.25, -0.2) is 4.68 Å². The Morgan fingerprint density at radius 3 is 2.50 bits per heavy atom. The summed E-state index contributed by atoms with van der Waals surface area (Å²) >= 11 is 0. The zero-order valence-corrected chi connectivity index (χ0v) is 15.0. The minimum absolute atomic E-state index is 0.00947. The molecular formula is C20H24N4O2.